The lowest BCUT2D eigenvalue weighted by Gasteiger charge is -2.07. The lowest BCUT2D eigenvalue weighted by atomic mass is 10.2. The first-order chi connectivity index (χ1) is 9.90. The minimum atomic E-state index is -3.83. The first-order valence-electron chi connectivity index (χ1n) is 6.82. The summed E-state index contributed by atoms with van der Waals surface area (Å²) in [5, 5.41) is 2.78. The number of rotatable bonds is 9. The minimum absolute atomic E-state index is 0.0590. The van der Waals surface area contributed by atoms with E-state index in [0.29, 0.717) is 25.4 Å². The zero-order valence-electron chi connectivity index (χ0n) is 12.3. The van der Waals surface area contributed by atoms with Gasteiger partial charge in [-0.2, -0.15) is 0 Å². The molecule has 1 amide bonds. The molecule has 0 saturated heterocycles. The van der Waals surface area contributed by atoms with Crippen LogP contribution in [-0.4, -0.2) is 39.2 Å². The average molecular weight is 337 g/mol. The number of methoxy groups -OCH3 is 1. The van der Waals surface area contributed by atoms with Gasteiger partial charge in [0.2, 0.25) is 0 Å². The summed E-state index contributed by atoms with van der Waals surface area (Å²) in [6, 6.07) is 1.30. The molecule has 6 nitrogen and oxygen atoms in total. The molecule has 1 aromatic rings. The zero-order chi connectivity index (χ0) is 15.9. The summed E-state index contributed by atoms with van der Waals surface area (Å²) in [5.74, 6) is -0.296. The van der Waals surface area contributed by atoms with Crippen molar-refractivity contribution in [1.82, 2.24) is 9.88 Å². The summed E-state index contributed by atoms with van der Waals surface area (Å²) in [6.07, 6.45) is 4.13. The highest BCUT2D eigenvalue weighted by atomic mass is 35.7. The minimum Gasteiger partial charge on any atom is -0.385 e. The van der Waals surface area contributed by atoms with Crippen LogP contribution in [0.2, 0.25) is 0 Å². The van der Waals surface area contributed by atoms with E-state index in [9.17, 15) is 13.2 Å². The molecular formula is C13H21ClN2O4S. The Morgan fingerprint density at radius 2 is 2.10 bits per heavy atom. The second kappa shape index (κ2) is 8.41. The molecule has 0 fully saturated rings. The van der Waals surface area contributed by atoms with Crippen LogP contribution in [0, 0.1) is 0 Å². The number of unbranched alkanes of at least 4 members (excludes halogenated alkanes) is 2. The van der Waals surface area contributed by atoms with Crippen LogP contribution in [0.5, 0.6) is 0 Å². The van der Waals surface area contributed by atoms with Gasteiger partial charge in [0, 0.05) is 43.7 Å². The van der Waals surface area contributed by atoms with Crippen molar-refractivity contribution in [1.29, 1.82) is 0 Å². The van der Waals surface area contributed by atoms with E-state index in [2.05, 4.69) is 5.32 Å². The Morgan fingerprint density at radius 3 is 2.67 bits per heavy atom. The smallest absolute Gasteiger partial charge is 0.267 e. The third-order valence-electron chi connectivity index (χ3n) is 3.04. The monoisotopic (exact) mass is 336 g/mol. The molecule has 0 saturated carbocycles. The standard InChI is InChI=1S/C13H21ClN2O4S/c1-3-16-10-11(21(14,18)19)9-12(16)13(17)15-7-5-4-6-8-20-2/h9-10H,3-8H2,1-2H3,(H,15,17). The quantitative estimate of drug-likeness (QED) is 0.552. The van der Waals surface area contributed by atoms with Crippen LogP contribution in [-0.2, 0) is 20.3 Å². The Balaban J connectivity index is 2.59. The molecule has 0 aliphatic carbocycles. The summed E-state index contributed by atoms with van der Waals surface area (Å²) in [5.41, 5.74) is 0.300. The molecule has 0 aromatic carbocycles. The first kappa shape index (κ1) is 18.0. The fourth-order valence-electron chi connectivity index (χ4n) is 1.91. The Labute approximate surface area is 129 Å². The molecule has 120 valence electrons. The van der Waals surface area contributed by atoms with Gasteiger partial charge in [-0.25, -0.2) is 8.42 Å². The summed E-state index contributed by atoms with van der Waals surface area (Å²) in [4.78, 5) is 12.0. The molecular weight excluding hydrogens is 316 g/mol. The van der Waals surface area contributed by atoms with E-state index in [1.807, 2.05) is 6.92 Å². The molecule has 8 heteroatoms. The van der Waals surface area contributed by atoms with Gasteiger partial charge >= 0.3 is 0 Å². The molecule has 0 bridgehead atoms. The van der Waals surface area contributed by atoms with Crippen molar-refractivity contribution < 1.29 is 17.9 Å². The van der Waals surface area contributed by atoms with E-state index in [4.69, 9.17) is 15.4 Å². The van der Waals surface area contributed by atoms with Gasteiger partial charge in [0.05, 0.1) is 0 Å². The number of hydrogen-bond donors (Lipinski definition) is 1. The lowest BCUT2D eigenvalue weighted by Crippen LogP contribution is -2.26. The number of hydrogen-bond acceptors (Lipinski definition) is 4. The van der Waals surface area contributed by atoms with Gasteiger partial charge in [-0.3, -0.25) is 4.79 Å². The molecule has 1 rings (SSSR count). The van der Waals surface area contributed by atoms with Crippen LogP contribution in [0.3, 0.4) is 0 Å². The fourth-order valence-corrected chi connectivity index (χ4v) is 2.67. The third kappa shape index (κ3) is 5.68. The van der Waals surface area contributed by atoms with E-state index in [1.54, 1.807) is 11.7 Å². The number of nitrogens with one attached hydrogen (secondary N) is 1. The van der Waals surface area contributed by atoms with Crippen molar-refractivity contribution in [2.45, 2.75) is 37.6 Å². The third-order valence-corrected chi connectivity index (χ3v) is 4.36. The zero-order valence-corrected chi connectivity index (χ0v) is 13.8. The Kier molecular flexibility index (Phi) is 7.21. The predicted molar refractivity (Wildman–Crippen MR) is 81.2 cm³/mol. The van der Waals surface area contributed by atoms with Crippen molar-refractivity contribution in [2.24, 2.45) is 0 Å². The van der Waals surface area contributed by atoms with E-state index in [1.165, 1.54) is 12.3 Å². The van der Waals surface area contributed by atoms with Crippen LogP contribution in [0.15, 0.2) is 17.2 Å². The fraction of sp³-hybridized carbons (Fsp3) is 0.615. The van der Waals surface area contributed by atoms with Gasteiger partial charge in [-0.15, -0.1) is 0 Å². The topological polar surface area (TPSA) is 77.4 Å². The van der Waals surface area contributed by atoms with Crippen LogP contribution in [0.4, 0.5) is 0 Å². The van der Waals surface area contributed by atoms with Gasteiger partial charge < -0.3 is 14.6 Å². The van der Waals surface area contributed by atoms with E-state index in [0.717, 1.165) is 19.3 Å². The van der Waals surface area contributed by atoms with Crippen molar-refractivity contribution >= 4 is 25.6 Å². The highest BCUT2D eigenvalue weighted by molar-refractivity contribution is 8.13. The van der Waals surface area contributed by atoms with Gasteiger partial charge in [-0.1, -0.05) is 0 Å². The predicted octanol–water partition coefficient (Wildman–Crippen LogP) is 1.98. The van der Waals surface area contributed by atoms with Gasteiger partial charge in [0.1, 0.15) is 10.6 Å². The maximum absolute atomic E-state index is 12.1. The van der Waals surface area contributed by atoms with E-state index in [-0.39, 0.29) is 10.8 Å². The van der Waals surface area contributed by atoms with Crippen LogP contribution in [0.1, 0.15) is 36.7 Å². The van der Waals surface area contributed by atoms with Crippen LogP contribution < -0.4 is 5.32 Å². The van der Waals surface area contributed by atoms with Crippen LogP contribution >= 0.6 is 10.7 Å². The second-order valence-corrected chi connectivity index (χ2v) is 7.16. The first-order valence-corrected chi connectivity index (χ1v) is 9.13. The normalized spacial score (nSPS) is 11.6. The molecule has 0 spiro atoms. The number of nitrogens with zero attached hydrogens (tertiary/aromatic N) is 1. The molecule has 1 heterocycles. The summed E-state index contributed by atoms with van der Waals surface area (Å²) < 4.78 is 29.1. The Morgan fingerprint density at radius 1 is 1.38 bits per heavy atom. The SMILES string of the molecule is CCn1cc(S(=O)(=O)Cl)cc1C(=O)NCCCCCOC. The van der Waals surface area contributed by atoms with E-state index >= 15 is 0 Å². The molecule has 0 unspecified atom stereocenters. The maximum Gasteiger partial charge on any atom is 0.267 e. The molecule has 1 aromatic heterocycles. The molecule has 0 aliphatic heterocycles. The van der Waals surface area contributed by atoms with Gasteiger partial charge in [0.15, 0.2) is 0 Å². The number of aromatic nitrogens is 1. The number of aryl methyl sites for hydroxylation is 1. The maximum atomic E-state index is 12.1. The molecule has 0 atom stereocenters. The molecule has 21 heavy (non-hydrogen) atoms. The highest BCUT2D eigenvalue weighted by Gasteiger charge is 2.19. The van der Waals surface area contributed by atoms with Crippen LogP contribution in [0.25, 0.3) is 0 Å². The molecule has 1 N–H and O–H groups in total. The highest BCUT2D eigenvalue weighted by Crippen LogP contribution is 2.18. The summed E-state index contributed by atoms with van der Waals surface area (Å²) in [6.45, 7) is 3.57. The summed E-state index contributed by atoms with van der Waals surface area (Å²) in [7, 11) is 3.13. The molecule has 0 aliphatic rings. The number of carbonyl (C=O) groups excluding carboxylic acids is 1. The van der Waals surface area contributed by atoms with Crippen molar-refractivity contribution in [2.75, 3.05) is 20.3 Å². The number of halogens is 1. The number of amides is 1. The Hall–Kier alpha value is -1.05. The van der Waals surface area contributed by atoms with Gasteiger partial charge in [-0.05, 0) is 32.3 Å². The molecule has 0 radical (unpaired) electrons. The number of ether oxygens (including phenoxy) is 1. The van der Waals surface area contributed by atoms with E-state index < -0.39 is 9.05 Å². The van der Waals surface area contributed by atoms with Gasteiger partial charge in [0.25, 0.3) is 15.0 Å². The average Bonchev–Trinajstić information content (AvgIpc) is 2.86. The lowest BCUT2D eigenvalue weighted by molar-refractivity contribution is 0.0943. The van der Waals surface area contributed by atoms with Crippen molar-refractivity contribution in [3.8, 4) is 0 Å². The second-order valence-electron chi connectivity index (χ2n) is 4.59. The van der Waals surface area contributed by atoms with Crippen molar-refractivity contribution in [3.05, 3.63) is 18.0 Å². The largest absolute Gasteiger partial charge is 0.385 e. The number of carbonyl (C=O) groups is 1. The summed E-state index contributed by atoms with van der Waals surface area (Å²) >= 11 is 0. The van der Waals surface area contributed by atoms with Crippen molar-refractivity contribution in [3.63, 3.8) is 0 Å². The Bertz CT molecular complexity index is 569.